The van der Waals surface area contributed by atoms with Gasteiger partial charge in [0, 0.05) is 0 Å². The van der Waals surface area contributed by atoms with E-state index < -0.39 is 15.9 Å². The number of hydrogen-bond acceptors (Lipinski definition) is 7. The molecule has 0 atom stereocenters. The van der Waals surface area contributed by atoms with Crippen molar-refractivity contribution in [1.82, 2.24) is 15.5 Å². The predicted octanol–water partition coefficient (Wildman–Crippen LogP) is 2.50. The topological polar surface area (TPSA) is 105 Å². The molecule has 0 spiro atoms. The van der Waals surface area contributed by atoms with E-state index in [9.17, 15) is 13.2 Å². The molecule has 0 aliphatic carbocycles. The van der Waals surface area contributed by atoms with Gasteiger partial charge in [0.15, 0.2) is 0 Å². The molecule has 0 aliphatic rings. The number of benzene rings is 1. The highest BCUT2D eigenvalue weighted by Crippen LogP contribution is 2.22. The average Bonchev–Trinajstić information content (AvgIpc) is 3.30. The van der Waals surface area contributed by atoms with Gasteiger partial charge in [0.05, 0.1) is 23.4 Å². The van der Waals surface area contributed by atoms with Gasteiger partial charge < -0.3 is 9.84 Å². The van der Waals surface area contributed by atoms with Crippen LogP contribution in [0.15, 0.2) is 40.2 Å². The van der Waals surface area contributed by atoms with E-state index >= 15 is 0 Å². The van der Waals surface area contributed by atoms with E-state index in [2.05, 4.69) is 15.5 Å². The molecule has 0 fully saturated rings. The Kier molecular flexibility index (Phi) is 5.80. The van der Waals surface area contributed by atoms with Crippen molar-refractivity contribution in [3.63, 3.8) is 0 Å². The molecule has 8 nitrogen and oxygen atoms in total. The summed E-state index contributed by atoms with van der Waals surface area (Å²) in [6.45, 7) is 3.50. The van der Waals surface area contributed by atoms with Crippen LogP contribution in [0.25, 0.3) is 10.7 Å². The first-order valence-electron chi connectivity index (χ1n) is 8.42. The number of aromatic nitrogens is 2. The minimum Gasteiger partial charge on any atom is -0.345 e. The van der Waals surface area contributed by atoms with Crippen molar-refractivity contribution < 1.29 is 17.7 Å². The summed E-state index contributed by atoms with van der Waals surface area (Å²) in [4.78, 5) is 17.4. The van der Waals surface area contributed by atoms with Gasteiger partial charge in [-0.25, -0.2) is 8.42 Å². The molecule has 28 heavy (non-hydrogen) atoms. The Hall–Kier alpha value is -2.72. The first-order valence-corrected chi connectivity index (χ1v) is 11.1. The number of thiophene rings is 1. The summed E-state index contributed by atoms with van der Waals surface area (Å²) in [6, 6.07) is 9.00. The molecular formula is C18H20N4O4S2. The summed E-state index contributed by atoms with van der Waals surface area (Å²) in [5.41, 5.74) is 2.43. The maximum absolute atomic E-state index is 12.3. The molecule has 0 radical (unpaired) electrons. The van der Waals surface area contributed by atoms with Crippen LogP contribution < -0.4 is 9.62 Å². The van der Waals surface area contributed by atoms with E-state index in [1.807, 2.05) is 37.4 Å². The maximum Gasteiger partial charge on any atom is 0.246 e. The summed E-state index contributed by atoms with van der Waals surface area (Å²) in [5.74, 6) is 0.223. The average molecular weight is 421 g/mol. The number of nitrogens with zero attached hydrogens (tertiary/aromatic N) is 3. The van der Waals surface area contributed by atoms with Gasteiger partial charge >= 0.3 is 0 Å². The first-order chi connectivity index (χ1) is 13.2. The first kappa shape index (κ1) is 20.0. The van der Waals surface area contributed by atoms with Crippen molar-refractivity contribution in [3.8, 4) is 10.7 Å². The van der Waals surface area contributed by atoms with Crippen LogP contribution in [-0.2, 0) is 21.4 Å². The Balaban J connectivity index is 1.66. The van der Waals surface area contributed by atoms with E-state index in [-0.39, 0.29) is 19.0 Å². The summed E-state index contributed by atoms with van der Waals surface area (Å²) in [6.07, 6.45) is 1.07. The number of hydrogen-bond donors (Lipinski definition) is 1. The van der Waals surface area contributed by atoms with Gasteiger partial charge in [0.2, 0.25) is 27.6 Å². The monoisotopic (exact) mass is 420 g/mol. The Morgan fingerprint density at radius 2 is 2.04 bits per heavy atom. The lowest BCUT2D eigenvalue weighted by Gasteiger charge is -2.22. The van der Waals surface area contributed by atoms with Crippen LogP contribution in [0.1, 0.15) is 17.0 Å². The third-order valence-electron chi connectivity index (χ3n) is 4.11. The van der Waals surface area contributed by atoms with Crippen molar-refractivity contribution in [2.75, 3.05) is 17.1 Å². The Bertz CT molecular complexity index is 1070. The van der Waals surface area contributed by atoms with Gasteiger partial charge in [-0.2, -0.15) is 4.98 Å². The zero-order chi connectivity index (χ0) is 20.3. The molecule has 2 aromatic heterocycles. The van der Waals surface area contributed by atoms with E-state index in [0.29, 0.717) is 11.5 Å². The molecule has 0 saturated heterocycles. The fourth-order valence-corrected chi connectivity index (χ4v) is 3.97. The van der Waals surface area contributed by atoms with Crippen LogP contribution in [0, 0.1) is 13.8 Å². The molecule has 0 unspecified atom stereocenters. The van der Waals surface area contributed by atoms with Crippen molar-refractivity contribution >= 4 is 33.0 Å². The van der Waals surface area contributed by atoms with E-state index in [0.717, 1.165) is 26.6 Å². The minimum absolute atomic E-state index is 0.0156. The molecule has 1 N–H and O–H groups in total. The SMILES string of the molecule is Cc1ccc(N(CC(=O)NCc2nc(-c3cccs3)no2)S(C)(=O)=O)cc1C. The molecule has 0 bridgehead atoms. The lowest BCUT2D eigenvalue weighted by atomic mass is 10.1. The van der Waals surface area contributed by atoms with Gasteiger partial charge in [-0.05, 0) is 48.6 Å². The Morgan fingerprint density at radius 3 is 2.68 bits per heavy atom. The molecule has 148 valence electrons. The molecule has 2 heterocycles. The quantitative estimate of drug-likeness (QED) is 0.630. The van der Waals surface area contributed by atoms with Crippen molar-refractivity contribution in [3.05, 3.63) is 52.7 Å². The van der Waals surface area contributed by atoms with Gasteiger partial charge in [-0.3, -0.25) is 9.10 Å². The largest absolute Gasteiger partial charge is 0.345 e. The van der Waals surface area contributed by atoms with Gasteiger partial charge in [0.25, 0.3) is 0 Å². The number of sulfonamides is 1. The molecule has 1 aromatic carbocycles. The van der Waals surface area contributed by atoms with Crippen molar-refractivity contribution in [1.29, 1.82) is 0 Å². The van der Waals surface area contributed by atoms with E-state index in [1.54, 1.807) is 12.1 Å². The number of carbonyl (C=O) groups excluding carboxylic acids is 1. The molecule has 10 heteroatoms. The van der Waals surface area contributed by atoms with Crippen LogP contribution in [-0.4, -0.2) is 37.3 Å². The fraction of sp³-hybridized carbons (Fsp3) is 0.278. The smallest absolute Gasteiger partial charge is 0.246 e. The number of carbonyl (C=O) groups is 1. The highest BCUT2D eigenvalue weighted by atomic mass is 32.2. The summed E-state index contributed by atoms with van der Waals surface area (Å²) in [5, 5.41) is 8.39. The van der Waals surface area contributed by atoms with Crippen LogP contribution in [0.3, 0.4) is 0 Å². The molecule has 3 aromatic rings. The summed E-state index contributed by atoms with van der Waals surface area (Å²) < 4.78 is 30.6. The van der Waals surface area contributed by atoms with Gasteiger partial charge in [0.1, 0.15) is 6.54 Å². The van der Waals surface area contributed by atoms with Gasteiger partial charge in [-0.1, -0.05) is 17.3 Å². The number of anilines is 1. The molecule has 0 aliphatic heterocycles. The highest BCUT2D eigenvalue weighted by Gasteiger charge is 2.21. The molecule has 3 rings (SSSR count). The van der Waals surface area contributed by atoms with Crippen molar-refractivity contribution in [2.24, 2.45) is 0 Å². The number of aryl methyl sites for hydroxylation is 2. The zero-order valence-electron chi connectivity index (χ0n) is 15.7. The normalized spacial score (nSPS) is 11.4. The third kappa shape index (κ3) is 4.76. The zero-order valence-corrected chi connectivity index (χ0v) is 17.3. The molecule has 0 saturated carbocycles. The lowest BCUT2D eigenvalue weighted by Crippen LogP contribution is -2.40. The second kappa shape index (κ2) is 8.11. The second-order valence-corrected chi connectivity index (χ2v) is 9.16. The summed E-state index contributed by atoms with van der Waals surface area (Å²) in [7, 11) is -3.63. The molecular weight excluding hydrogens is 400 g/mol. The standard InChI is InChI=1S/C18H20N4O4S2/c1-12-6-7-14(9-13(12)2)22(28(3,24)25)11-16(23)19-10-17-20-18(21-26-17)15-5-4-8-27-15/h4-9H,10-11H2,1-3H3,(H,19,23). The predicted molar refractivity (Wildman–Crippen MR) is 108 cm³/mol. The number of amides is 1. The van der Waals surface area contributed by atoms with E-state index in [1.165, 1.54) is 11.3 Å². The van der Waals surface area contributed by atoms with E-state index in [4.69, 9.17) is 4.52 Å². The highest BCUT2D eigenvalue weighted by molar-refractivity contribution is 7.92. The van der Waals surface area contributed by atoms with Crippen LogP contribution in [0.2, 0.25) is 0 Å². The maximum atomic E-state index is 12.3. The van der Waals surface area contributed by atoms with Crippen molar-refractivity contribution in [2.45, 2.75) is 20.4 Å². The van der Waals surface area contributed by atoms with Crippen LogP contribution in [0.4, 0.5) is 5.69 Å². The minimum atomic E-state index is -3.63. The summed E-state index contributed by atoms with van der Waals surface area (Å²) >= 11 is 1.48. The third-order valence-corrected chi connectivity index (χ3v) is 6.12. The van der Waals surface area contributed by atoms with Gasteiger partial charge in [-0.15, -0.1) is 11.3 Å². The fourth-order valence-electron chi connectivity index (χ4n) is 2.47. The number of rotatable bonds is 7. The Morgan fingerprint density at radius 1 is 1.25 bits per heavy atom. The van der Waals surface area contributed by atoms with Crippen LogP contribution >= 0.6 is 11.3 Å². The van der Waals surface area contributed by atoms with Crippen LogP contribution in [0.5, 0.6) is 0 Å². The Labute approximate surface area is 167 Å². The second-order valence-electron chi connectivity index (χ2n) is 6.30. The lowest BCUT2D eigenvalue weighted by molar-refractivity contribution is -0.119. The molecule has 1 amide bonds. The number of nitrogens with one attached hydrogen (secondary N) is 1.